The molecule has 0 spiro atoms. The molecule has 1 atom stereocenters. The first kappa shape index (κ1) is 13.5. The van der Waals surface area contributed by atoms with Gasteiger partial charge < -0.3 is 15.3 Å². The van der Waals surface area contributed by atoms with Crippen molar-refractivity contribution in [2.45, 2.75) is 25.3 Å². The minimum Gasteiger partial charge on any atom is -0.478 e. The summed E-state index contributed by atoms with van der Waals surface area (Å²) in [6.45, 7) is 2.68. The van der Waals surface area contributed by atoms with Crippen molar-refractivity contribution in [3.05, 3.63) is 29.8 Å². The van der Waals surface area contributed by atoms with E-state index in [1.807, 2.05) is 6.92 Å². The van der Waals surface area contributed by atoms with Crippen molar-refractivity contribution in [3.63, 3.8) is 0 Å². The van der Waals surface area contributed by atoms with Gasteiger partial charge in [-0.2, -0.15) is 0 Å². The van der Waals surface area contributed by atoms with Gasteiger partial charge in [0.25, 0.3) is 0 Å². The predicted molar refractivity (Wildman–Crippen MR) is 72.5 cm³/mol. The Morgan fingerprint density at radius 3 is 2.63 bits per heavy atom. The normalized spacial score (nSPS) is 22.2. The topological polar surface area (TPSA) is 69.6 Å². The second kappa shape index (κ2) is 5.01. The molecular weight excluding hydrogens is 244 g/mol. The van der Waals surface area contributed by atoms with Gasteiger partial charge in [0, 0.05) is 7.05 Å². The first-order chi connectivity index (χ1) is 8.96. The van der Waals surface area contributed by atoms with Crippen molar-refractivity contribution >= 4 is 17.6 Å². The molecule has 102 valence electrons. The standard InChI is InChI=1S/C14H18N2O3/c1-14(8-5-9-15-14)13(19)16(2)11-7-4-3-6-10(11)12(17)18/h3-4,6-7,15H,5,8-9H2,1-2H3,(H,17,18). The maximum absolute atomic E-state index is 12.5. The maximum atomic E-state index is 12.5. The lowest BCUT2D eigenvalue weighted by atomic mass is 9.98. The minimum atomic E-state index is -1.03. The van der Waals surface area contributed by atoms with Gasteiger partial charge in [-0.15, -0.1) is 0 Å². The Labute approximate surface area is 112 Å². The molecular formula is C14H18N2O3. The number of hydrogen-bond acceptors (Lipinski definition) is 3. The van der Waals surface area contributed by atoms with Crippen LogP contribution in [0.15, 0.2) is 24.3 Å². The highest BCUT2D eigenvalue weighted by Gasteiger charge is 2.38. The van der Waals surface area contributed by atoms with Gasteiger partial charge in [-0.05, 0) is 38.4 Å². The Morgan fingerprint density at radius 1 is 1.37 bits per heavy atom. The highest BCUT2D eigenvalue weighted by molar-refractivity contribution is 6.05. The van der Waals surface area contributed by atoms with Crippen LogP contribution in [-0.4, -0.2) is 36.1 Å². The van der Waals surface area contributed by atoms with Crippen molar-refractivity contribution in [1.82, 2.24) is 5.32 Å². The van der Waals surface area contributed by atoms with Gasteiger partial charge in [0.1, 0.15) is 0 Å². The van der Waals surface area contributed by atoms with E-state index in [4.69, 9.17) is 0 Å². The number of amides is 1. The van der Waals surface area contributed by atoms with Crippen LogP contribution in [0.25, 0.3) is 0 Å². The molecule has 1 amide bonds. The molecule has 1 heterocycles. The molecule has 19 heavy (non-hydrogen) atoms. The molecule has 0 radical (unpaired) electrons. The summed E-state index contributed by atoms with van der Waals surface area (Å²) in [6.07, 6.45) is 1.72. The first-order valence-corrected chi connectivity index (χ1v) is 6.31. The van der Waals surface area contributed by atoms with E-state index in [9.17, 15) is 14.7 Å². The Hall–Kier alpha value is -1.88. The number of carboxylic acids is 1. The van der Waals surface area contributed by atoms with E-state index in [1.165, 1.54) is 11.0 Å². The van der Waals surface area contributed by atoms with Crippen molar-refractivity contribution in [2.24, 2.45) is 0 Å². The number of anilines is 1. The van der Waals surface area contributed by atoms with Gasteiger partial charge >= 0.3 is 5.97 Å². The van der Waals surface area contributed by atoms with Crippen LogP contribution in [0.5, 0.6) is 0 Å². The number of para-hydroxylation sites is 1. The van der Waals surface area contributed by atoms with E-state index in [1.54, 1.807) is 25.2 Å². The fraction of sp³-hybridized carbons (Fsp3) is 0.429. The molecule has 5 nitrogen and oxygen atoms in total. The van der Waals surface area contributed by atoms with Gasteiger partial charge in [-0.1, -0.05) is 12.1 Å². The number of hydrogen-bond donors (Lipinski definition) is 2. The predicted octanol–water partition coefficient (Wildman–Crippen LogP) is 1.49. The van der Waals surface area contributed by atoms with Crippen molar-refractivity contribution in [1.29, 1.82) is 0 Å². The van der Waals surface area contributed by atoms with E-state index in [0.29, 0.717) is 5.69 Å². The van der Waals surface area contributed by atoms with Crippen LogP contribution in [0, 0.1) is 0 Å². The number of rotatable bonds is 3. The summed E-state index contributed by atoms with van der Waals surface area (Å²) < 4.78 is 0. The monoisotopic (exact) mass is 262 g/mol. The molecule has 1 aromatic rings. The van der Waals surface area contributed by atoms with Gasteiger partial charge in [0.15, 0.2) is 0 Å². The molecule has 5 heteroatoms. The highest BCUT2D eigenvalue weighted by Crippen LogP contribution is 2.26. The smallest absolute Gasteiger partial charge is 0.337 e. The zero-order valence-corrected chi connectivity index (χ0v) is 11.1. The van der Waals surface area contributed by atoms with Gasteiger partial charge in [0.2, 0.25) is 5.91 Å². The van der Waals surface area contributed by atoms with Crippen LogP contribution in [0.1, 0.15) is 30.1 Å². The molecule has 0 saturated carbocycles. The summed E-state index contributed by atoms with van der Waals surface area (Å²) in [7, 11) is 1.62. The quantitative estimate of drug-likeness (QED) is 0.866. The number of carbonyl (C=O) groups excluding carboxylic acids is 1. The van der Waals surface area contributed by atoms with Crippen LogP contribution in [0.4, 0.5) is 5.69 Å². The van der Waals surface area contributed by atoms with Crippen LogP contribution in [0.2, 0.25) is 0 Å². The number of benzene rings is 1. The zero-order valence-electron chi connectivity index (χ0n) is 11.1. The van der Waals surface area contributed by atoms with Crippen molar-refractivity contribution < 1.29 is 14.7 Å². The van der Waals surface area contributed by atoms with Crippen molar-refractivity contribution in [2.75, 3.05) is 18.5 Å². The summed E-state index contributed by atoms with van der Waals surface area (Å²) in [6, 6.07) is 6.54. The Morgan fingerprint density at radius 2 is 2.05 bits per heavy atom. The summed E-state index contributed by atoms with van der Waals surface area (Å²) in [5.41, 5.74) is -0.0322. The fourth-order valence-corrected chi connectivity index (χ4v) is 2.50. The van der Waals surface area contributed by atoms with Gasteiger partial charge in [-0.3, -0.25) is 4.79 Å². The third kappa shape index (κ3) is 2.46. The molecule has 1 aromatic carbocycles. The van der Waals surface area contributed by atoms with Crippen LogP contribution in [0.3, 0.4) is 0 Å². The van der Waals surface area contributed by atoms with E-state index in [-0.39, 0.29) is 11.5 Å². The molecule has 1 unspecified atom stereocenters. The number of aromatic carboxylic acids is 1. The number of nitrogens with one attached hydrogen (secondary N) is 1. The lowest BCUT2D eigenvalue weighted by molar-refractivity contribution is -0.123. The number of carboxylic acid groups (broad SMARTS) is 1. The van der Waals surface area contributed by atoms with Crippen LogP contribution >= 0.6 is 0 Å². The lowest BCUT2D eigenvalue weighted by Gasteiger charge is -2.30. The Kier molecular flexibility index (Phi) is 3.57. The zero-order chi connectivity index (χ0) is 14.0. The lowest BCUT2D eigenvalue weighted by Crippen LogP contribution is -2.52. The Bertz CT molecular complexity index is 507. The molecule has 2 N–H and O–H groups in total. The molecule has 0 aliphatic carbocycles. The first-order valence-electron chi connectivity index (χ1n) is 6.31. The van der Waals surface area contributed by atoms with E-state index >= 15 is 0 Å². The fourth-order valence-electron chi connectivity index (χ4n) is 2.50. The summed E-state index contributed by atoms with van der Waals surface area (Å²) >= 11 is 0. The SMILES string of the molecule is CN(C(=O)C1(C)CCCN1)c1ccccc1C(=O)O. The number of nitrogens with zero attached hydrogens (tertiary/aromatic N) is 1. The average Bonchev–Trinajstić information content (AvgIpc) is 2.85. The number of carbonyl (C=O) groups is 2. The van der Waals surface area contributed by atoms with Gasteiger partial charge in [0.05, 0.1) is 16.8 Å². The Balaban J connectivity index is 2.31. The second-order valence-electron chi connectivity index (χ2n) is 5.05. The van der Waals surface area contributed by atoms with E-state index < -0.39 is 11.5 Å². The molecule has 2 rings (SSSR count). The van der Waals surface area contributed by atoms with E-state index in [2.05, 4.69) is 5.32 Å². The van der Waals surface area contributed by atoms with Crippen LogP contribution in [-0.2, 0) is 4.79 Å². The van der Waals surface area contributed by atoms with E-state index in [0.717, 1.165) is 19.4 Å². The van der Waals surface area contributed by atoms with Crippen LogP contribution < -0.4 is 10.2 Å². The molecule has 1 saturated heterocycles. The highest BCUT2D eigenvalue weighted by atomic mass is 16.4. The summed E-state index contributed by atoms with van der Waals surface area (Å²) in [5.74, 6) is -1.13. The number of likely N-dealkylation sites (N-methyl/N-ethyl adjacent to an activating group) is 1. The molecule has 1 aliphatic rings. The molecule has 0 bridgehead atoms. The largest absolute Gasteiger partial charge is 0.478 e. The molecule has 1 aliphatic heterocycles. The van der Waals surface area contributed by atoms with Gasteiger partial charge in [-0.25, -0.2) is 4.79 Å². The van der Waals surface area contributed by atoms with Crippen molar-refractivity contribution in [3.8, 4) is 0 Å². The summed E-state index contributed by atoms with van der Waals surface area (Å²) in [5, 5.41) is 12.4. The second-order valence-corrected chi connectivity index (χ2v) is 5.05. The molecule has 1 fully saturated rings. The average molecular weight is 262 g/mol. The maximum Gasteiger partial charge on any atom is 0.337 e. The third-order valence-corrected chi connectivity index (χ3v) is 3.64. The third-order valence-electron chi connectivity index (χ3n) is 3.64. The minimum absolute atomic E-state index is 0.0984. The summed E-state index contributed by atoms with van der Waals surface area (Å²) in [4.78, 5) is 25.1. The molecule has 0 aromatic heterocycles.